The van der Waals surface area contributed by atoms with Crippen molar-refractivity contribution < 1.29 is 19.1 Å². The maximum absolute atomic E-state index is 12.6. The van der Waals surface area contributed by atoms with Crippen LogP contribution in [0.1, 0.15) is 47.2 Å². The molecule has 1 aliphatic rings. The zero-order chi connectivity index (χ0) is 24.7. The SMILES string of the molecule is COC(=O)c1ccc(CNC(=O)CC[C@]2(Cc3ccc(-c4ccccc4)cc3)CCC(=O)N2)cc1. The van der Waals surface area contributed by atoms with E-state index in [1.54, 1.807) is 24.3 Å². The van der Waals surface area contributed by atoms with Gasteiger partial charge in [-0.25, -0.2) is 4.79 Å². The number of hydrogen-bond acceptors (Lipinski definition) is 4. The van der Waals surface area contributed by atoms with Gasteiger partial charge >= 0.3 is 5.97 Å². The molecule has 1 fully saturated rings. The van der Waals surface area contributed by atoms with Crippen LogP contribution in [0, 0.1) is 0 Å². The van der Waals surface area contributed by atoms with Gasteiger partial charge in [0.1, 0.15) is 0 Å². The van der Waals surface area contributed by atoms with Crippen LogP contribution in [0.2, 0.25) is 0 Å². The first-order valence-corrected chi connectivity index (χ1v) is 11.9. The fraction of sp³-hybridized carbons (Fsp3) is 0.276. The van der Waals surface area contributed by atoms with E-state index in [1.165, 1.54) is 12.7 Å². The third-order valence-electron chi connectivity index (χ3n) is 6.53. The molecule has 0 saturated carbocycles. The molecule has 0 bridgehead atoms. The molecule has 2 N–H and O–H groups in total. The summed E-state index contributed by atoms with van der Waals surface area (Å²) >= 11 is 0. The summed E-state index contributed by atoms with van der Waals surface area (Å²) in [5.41, 5.74) is 4.41. The number of methoxy groups -OCH3 is 1. The van der Waals surface area contributed by atoms with Crippen LogP contribution in [0.3, 0.4) is 0 Å². The first-order valence-electron chi connectivity index (χ1n) is 11.9. The van der Waals surface area contributed by atoms with Crippen LogP contribution in [-0.4, -0.2) is 30.4 Å². The number of rotatable bonds is 9. The average molecular weight is 471 g/mol. The predicted octanol–water partition coefficient (Wildman–Crippen LogP) is 4.43. The zero-order valence-electron chi connectivity index (χ0n) is 19.9. The lowest BCUT2D eigenvalue weighted by Gasteiger charge is -2.29. The first kappa shape index (κ1) is 24.2. The smallest absolute Gasteiger partial charge is 0.337 e. The van der Waals surface area contributed by atoms with Crippen LogP contribution >= 0.6 is 0 Å². The van der Waals surface area contributed by atoms with Crippen molar-refractivity contribution in [3.8, 4) is 11.1 Å². The van der Waals surface area contributed by atoms with E-state index < -0.39 is 5.54 Å². The second-order valence-electron chi connectivity index (χ2n) is 9.03. The van der Waals surface area contributed by atoms with Crippen molar-refractivity contribution in [3.05, 3.63) is 95.6 Å². The number of hydrogen-bond donors (Lipinski definition) is 2. The second-order valence-corrected chi connectivity index (χ2v) is 9.03. The predicted molar refractivity (Wildman–Crippen MR) is 135 cm³/mol. The Bertz CT molecular complexity index is 1170. The number of esters is 1. The molecule has 3 aromatic rings. The molecule has 180 valence electrons. The Kier molecular flexibility index (Phi) is 7.60. The summed E-state index contributed by atoms with van der Waals surface area (Å²) in [5, 5.41) is 6.09. The van der Waals surface area contributed by atoms with E-state index in [0.29, 0.717) is 44.2 Å². The van der Waals surface area contributed by atoms with Gasteiger partial charge in [-0.1, -0.05) is 66.7 Å². The molecule has 3 aromatic carbocycles. The van der Waals surface area contributed by atoms with Gasteiger partial charge < -0.3 is 15.4 Å². The minimum absolute atomic E-state index is 0.0389. The Hall–Kier alpha value is -3.93. The molecule has 1 saturated heterocycles. The highest BCUT2D eigenvalue weighted by Gasteiger charge is 2.37. The molecule has 1 heterocycles. The molecule has 6 nitrogen and oxygen atoms in total. The summed E-state index contributed by atoms with van der Waals surface area (Å²) in [7, 11) is 1.34. The normalized spacial score (nSPS) is 17.0. The number of amides is 2. The highest BCUT2D eigenvalue weighted by atomic mass is 16.5. The van der Waals surface area contributed by atoms with Gasteiger partial charge in [0.05, 0.1) is 12.7 Å². The number of benzene rings is 3. The monoisotopic (exact) mass is 470 g/mol. The molecule has 0 unspecified atom stereocenters. The van der Waals surface area contributed by atoms with Crippen molar-refractivity contribution in [1.82, 2.24) is 10.6 Å². The standard InChI is InChI=1S/C29H30N2O4/c1-35-28(34)25-13-9-22(10-14-25)20-30-26(32)15-17-29(18-16-27(33)31-29)19-21-7-11-24(12-8-21)23-5-3-2-4-6-23/h2-14H,15-20H2,1H3,(H,30,32)(H,31,33)/t29-/m1/s1. The minimum atomic E-state index is -0.412. The fourth-order valence-corrected chi connectivity index (χ4v) is 4.54. The van der Waals surface area contributed by atoms with E-state index >= 15 is 0 Å². The zero-order valence-corrected chi connectivity index (χ0v) is 19.9. The highest BCUT2D eigenvalue weighted by molar-refractivity contribution is 5.89. The molecule has 2 amide bonds. The minimum Gasteiger partial charge on any atom is -0.465 e. The Balaban J connectivity index is 1.33. The largest absolute Gasteiger partial charge is 0.465 e. The Morgan fingerprint density at radius 1 is 0.914 bits per heavy atom. The van der Waals surface area contributed by atoms with Crippen LogP contribution in [0.5, 0.6) is 0 Å². The van der Waals surface area contributed by atoms with Crippen LogP contribution in [0.15, 0.2) is 78.9 Å². The topological polar surface area (TPSA) is 84.5 Å². The summed E-state index contributed by atoms with van der Waals surface area (Å²) in [6.07, 6.45) is 2.79. The third kappa shape index (κ3) is 6.35. The number of carbonyl (C=O) groups is 3. The Morgan fingerprint density at radius 3 is 2.20 bits per heavy atom. The van der Waals surface area contributed by atoms with Gasteiger partial charge in [0, 0.05) is 24.9 Å². The number of carbonyl (C=O) groups excluding carboxylic acids is 3. The molecule has 6 heteroatoms. The summed E-state index contributed by atoms with van der Waals surface area (Å²) in [5.74, 6) is -0.418. The van der Waals surface area contributed by atoms with Crippen LogP contribution < -0.4 is 10.6 Å². The van der Waals surface area contributed by atoms with Gasteiger partial charge in [0.15, 0.2) is 0 Å². The summed E-state index contributed by atoms with van der Waals surface area (Å²) in [6, 6.07) is 25.6. The van der Waals surface area contributed by atoms with Crippen molar-refractivity contribution in [1.29, 1.82) is 0 Å². The molecular formula is C29H30N2O4. The van der Waals surface area contributed by atoms with E-state index in [9.17, 15) is 14.4 Å². The van der Waals surface area contributed by atoms with Crippen molar-refractivity contribution in [3.63, 3.8) is 0 Å². The number of nitrogens with one attached hydrogen (secondary N) is 2. The van der Waals surface area contributed by atoms with Gasteiger partial charge in [-0.15, -0.1) is 0 Å². The third-order valence-corrected chi connectivity index (χ3v) is 6.53. The van der Waals surface area contributed by atoms with Crippen molar-refractivity contribution >= 4 is 17.8 Å². The van der Waals surface area contributed by atoms with Crippen molar-refractivity contribution in [2.75, 3.05) is 7.11 Å². The van der Waals surface area contributed by atoms with E-state index in [-0.39, 0.29) is 17.8 Å². The lowest BCUT2D eigenvalue weighted by Crippen LogP contribution is -2.44. The molecule has 0 aliphatic carbocycles. The van der Waals surface area contributed by atoms with Crippen LogP contribution in [0.25, 0.3) is 11.1 Å². The molecule has 0 radical (unpaired) electrons. The summed E-state index contributed by atoms with van der Waals surface area (Å²) in [4.78, 5) is 36.2. The fourth-order valence-electron chi connectivity index (χ4n) is 4.54. The van der Waals surface area contributed by atoms with Crippen molar-refractivity contribution in [2.24, 2.45) is 0 Å². The lowest BCUT2D eigenvalue weighted by atomic mass is 9.84. The van der Waals surface area contributed by atoms with Gasteiger partial charge in [-0.05, 0) is 53.6 Å². The molecular weight excluding hydrogens is 440 g/mol. The molecule has 35 heavy (non-hydrogen) atoms. The van der Waals surface area contributed by atoms with E-state index in [2.05, 4.69) is 47.0 Å². The van der Waals surface area contributed by atoms with Crippen molar-refractivity contribution in [2.45, 2.75) is 44.2 Å². The summed E-state index contributed by atoms with van der Waals surface area (Å²) in [6.45, 7) is 0.376. The van der Waals surface area contributed by atoms with Gasteiger partial charge in [-0.2, -0.15) is 0 Å². The lowest BCUT2D eigenvalue weighted by molar-refractivity contribution is -0.122. The maximum Gasteiger partial charge on any atom is 0.337 e. The average Bonchev–Trinajstić information content (AvgIpc) is 3.27. The van der Waals surface area contributed by atoms with Crippen LogP contribution in [0.4, 0.5) is 0 Å². The first-order chi connectivity index (χ1) is 17.0. The highest BCUT2D eigenvalue weighted by Crippen LogP contribution is 2.30. The second kappa shape index (κ2) is 11.0. The number of ether oxygens (including phenoxy) is 1. The molecule has 1 atom stereocenters. The molecule has 4 rings (SSSR count). The Labute approximate surface area is 205 Å². The van der Waals surface area contributed by atoms with E-state index in [4.69, 9.17) is 4.74 Å². The van der Waals surface area contributed by atoms with Gasteiger partial charge in [0.25, 0.3) is 0 Å². The summed E-state index contributed by atoms with van der Waals surface area (Å²) < 4.78 is 4.70. The molecule has 0 aromatic heterocycles. The molecule has 0 spiro atoms. The van der Waals surface area contributed by atoms with E-state index in [1.807, 2.05) is 18.2 Å². The van der Waals surface area contributed by atoms with Crippen LogP contribution in [-0.2, 0) is 27.3 Å². The van der Waals surface area contributed by atoms with Gasteiger partial charge in [0.2, 0.25) is 11.8 Å². The quantitative estimate of drug-likeness (QED) is 0.453. The van der Waals surface area contributed by atoms with Gasteiger partial charge in [-0.3, -0.25) is 9.59 Å². The Morgan fingerprint density at radius 2 is 1.57 bits per heavy atom. The molecule has 1 aliphatic heterocycles. The maximum atomic E-state index is 12.6. The van der Waals surface area contributed by atoms with E-state index in [0.717, 1.165) is 16.7 Å².